The second-order valence-electron chi connectivity index (χ2n) is 7.14. The van der Waals surface area contributed by atoms with Gasteiger partial charge in [0.25, 0.3) is 0 Å². The molecule has 4 heteroatoms. The summed E-state index contributed by atoms with van der Waals surface area (Å²) in [5.41, 5.74) is 1.34. The van der Waals surface area contributed by atoms with Gasteiger partial charge in [0.15, 0.2) is 0 Å². The summed E-state index contributed by atoms with van der Waals surface area (Å²) < 4.78 is 11.3. The number of para-hydroxylation sites is 1. The number of morpholine rings is 1. The van der Waals surface area contributed by atoms with Gasteiger partial charge in [-0.1, -0.05) is 48.5 Å². The van der Waals surface area contributed by atoms with Gasteiger partial charge in [-0.2, -0.15) is 0 Å². The molecule has 2 aromatic carbocycles. The lowest BCUT2D eigenvalue weighted by molar-refractivity contribution is -0.150. The molecule has 2 aromatic rings. The van der Waals surface area contributed by atoms with Crippen molar-refractivity contribution in [2.75, 3.05) is 20.3 Å². The van der Waals surface area contributed by atoms with Crippen molar-refractivity contribution in [2.45, 2.75) is 37.1 Å². The number of piperidine rings is 1. The first-order valence-electron chi connectivity index (χ1n) is 8.93. The van der Waals surface area contributed by atoms with Crippen LogP contribution < -0.4 is 4.74 Å². The van der Waals surface area contributed by atoms with Crippen LogP contribution in [0.2, 0.25) is 0 Å². The van der Waals surface area contributed by atoms with Gasteiger partial charge < -0.3 is 14.6 Å². The molecule has 2 aliphatic heterocycles. The fourth-order valence-corrected chi connectivity index (χ4v) is 4.35. The third-order valence-electron chi connectivity index (χ3n) is 5.52. The number of nitrogens with zero attached hydrogens (tertiary/aromatic N) is 1. The van der Waals surface area contributed by atoms with Gasteiger partial charge in [0.2, 0.25) is 0 Å². The topological polar surface area (TPSA) is 41.9 Å². The number of hydrogen-bond acceptors (Lipinski definition) is 4. The third-order valence-corrected chi connectivity index (χ3v) is 5.52. The predicted molar refractivity (Wildman–Crippen MR) is 96.5 cm³/mol. The maximum Gasteiger partial charge on any atom is 0.124 e. The molecule has 4 rings (SSSR count). The van der Waals surface area contributed by atoms with Crippen LogP contribution in [0.5, 0.6) is 5.75 Å². The minimum absolute atomic E-state index is 0.211. The molecule has 1 N–H and O–H groups in total. The average Bonchev–Trinajstić information content (AvgIpc) is 2.63. The van der Waals surface area contributed by atoms with Gasteiger partial charge >= 0.3 is 0 Å². The van der Waals surface area contributed by atoms with Crippen molar-refractivity contribution in [1.29, 1.82) is 0 Å². The van der Waals surface area contributed by atoms with Gasteiger partial charge in [0.05, 0.1) is 25.9 Å². The fourth-order valence-electron chi connectivity index (χ4n) is 4.35. The Hall–Kier alpha value is -1.88. The Morgan fingerprint density at radius 3 is 2.36 bits per heavy atom. The third kappa shape index (κ3) is 3.17. The smallest absolute Gasteiger partial charge is 0.124 e. The van der Waals surface area contributed by atoms with Crippen LogP contribution in [0.25, 0.3) is 0 Å². The number of aliphatic hydroxyl groups is 1. The van der Waals surface area contributed by atoms with Crippen LogP contribution in [0.1, 0.15) is 24.0 Å². The highest BCUT2D eigenvalue weighted by Gasteiger charge is 2.47. The quantitative estimate of drug-likeness (QED) is 0.930. The zero-order chi connectivity index (χ0) is 17.3. The van der Waals surface area contributed by atoms with E-state index >= 15 is 0 Å². The Morgan fingerprint density at radius 1 is 1.04 bits per heavy atom. The number of methoxy groups -OCH3 is 1. The molecule has 2 unspecified atom stereocenters. The van der Waals surface area contributed by atoms with Crippen molar-refractivity contribution in [3.8, 4) is 5.75 Å². The lowest BCUT2D eigenvalue weighted by atomic mass is 9.76. The molecule has 2 heterocycles. The standard InChI is InChI=1S/C21H25NO3/c1-24-20-10-6-5-9-19(20)21(23)11-17-14-25-15-18(12-21)22(17)13-16-7-3-2-4-8-16/h2-10,17-18,23H,11-15H2,1H3. The largest absolute Gasteiger partial charge is 0.496 e. The summed E-state index contributed by atoms with van der Waals surface area (Å²) in [6.07, 6.45) is 1.33. The minimum atomic E-state index is -0.862. The predicted octanol–water partition coefficient (Wildman–Crippen LogP) is 2.95. The van der Waals surface area contributed by atoms with Gasteiger partial charge in [-0.05, 0) is 24.5 Å². The summed E-state index contributed by atoms with van der Waals surface area (Å²) in [6, 6.07) is 18.8. The number of ether oxygens (including phenoxy) is 2. The zero-order valence-electron chi connectivity index (χ0n) is 14.6. The van der Waals surface area contributed by atoms with E-state index in [9.17, 15) is 5.11 Å². The minimum Gasteiger partial charge on any atom is -0.496 e. The Labute approximate surface area is 149 Å². The number of fused-ring (bicyclic) bond motifs is 2. The van der Waals surface area contributed by atoms with Crippen LogP contribution >= 0.6 is 0 Å². The zero-order valence-corrected chi connectivity index (χ0v) is 14.6. The molecular weight excluding hydrogens is 314 g/mol. The summed E-state index contributed by atoms with van der Waals surface area (Å²) in [4.78, 5) is 2.50. The van der Waals surface area contributed by atoms with E-state index in [1.54, 1.807) is 7.11 Å². The molecule has 2 aliphatic rings. The summed E-state index contributed by atoms with van der Waals surface area (Å²) in [5.74, 6) is 0.764. The van der Waals surface area contributed by atoms with Crippen molar-refractivity contribution in [2.24, 2.45) is 0 Å². The molecule has 25 heavy (non-hydrogen) atoms. The molecule has 0 radical (unpaired) electrons. The molecule has 0 saturated carbocycles. The first kappa shape index (κ1) is 16.6. The highest BCUT2D eigenvalue weighted by molar-refractivity contribution is 5.39. The van der Waals surface area contributed by atoms with Gasteiger partial charge in [-0.3, -0.25) is 4.90 Å². The van der Waals surface area contributed by atoms with Crippen LogP contribution in [0.3, 0.4) is 0 Å². The van der Waals surface area contributed by atoms with E-state index < -0.39 is 5.60 Å². The summed E-state index contributed by atoms with van der Waals surface area (Å²) in [7, 11) is 1.66. The van der Waals surface area contributed by atoms with Gasteiger partial charge in [0, 0.05) is 24.2 Å². The monoisotopic (exact) mass is 339 g/mol. The van der Waals surface area contributed by atoms with Crippen LogP contribution in [-0.4, -0.2) is 42.4 Å². The van der Waals surface area contributed by atoms with Crippen LogP contribution in [0.4, 0.5) is 0 Å². The summed E-state index contributed by atoms with van der Waals surface area (Å²) >= 11 is 0. The maximum absolute atomic E-state index is 11.5. The molecule has 4 nitrogen and oxygen atoms in total. The molecule has 0 aliphatic carbocycles. The molecule has 0 aromatic heterocycles. The van der Waals surface area contributed by atoms with Crippen LogP contribution in [-0.2, 0) is 16.9 Å². The van der Waals surface area contributed by atoms with E-state index in [1.165, 1.54) is 5.56 Å². The molecule has 2 saturated heterocycles. The van der Waals surface area contributed by atoms with E-state index in [2.05, 4.69) is 29.2 Å². The van der Waals surface area contributed by atoms with Crippen molar-refractivity contribution >= 4 is 0 Å². The molecule has 132 valence electrons. The van der Waals surface area contributed by atoms with Crippen molar-refractivity contribution < 1.29 is 14.6 Å². The van der Waals surface area contributed by atoms with Gasteiger partial charge in [0.1, 0.15) is 5.75 Å². The van der Waals surface area contributed by atoms with E-state index in [4.69, 9.17) is 9.47 Å². The first-order chi connectivity index (χ1) is 12.2. The lowest BCUT2D eigenvalue weighted by Crippen LogP contribution is -2.60. The molecule has 0 spiro atoms. The van der Waals surface area contributed by atoms with Crippen molar-refractivity contribution in [1.82, 2.24) is 4.90 Å². The number of benzene rings is 2. The maximum atomic E-state index is 11.5. The van der Waals surface area contributed by atoms with E-state index in [0.29, 0.717) is 26.1 Å². The van der Waals surface area contributed by atoms with Gasteiger partial charge in [-0.25, -0.2) is 0 Å². The SMILES string of the molecule is COc1ccccc1C1(O)CC2COCC(C1)N2Cc1ccccc1. The molecule has 2 atom stereocenters. The normalized spacial score (nSPS) is 29.4. The van der Waals surface area contributed by atoms with Crippen molar-refractivity contribution in [3.05, 3.63) is 65.7 Å². The molecule has 0 amide bonds. The number of hydrogen-bond donors (Lipinski definition) is 1. The van der Waals surface area contributed by atoms with E-state index in [-0.39, 0.29) is 12.1 Å². The highest BCUT2D eigenvalue weighted by atomic mass is 16.5. The first-order valence-corrected chi connectivity index (χ1v) is 8.93. The van der Waals surface area contributed by atoms with Crippen LogP contribution in [0.15, 0.2) is 54.6 Å². The van der Waals surface area contributed by atoms with E-state index in [0.717, 1.165) is 17.9 Å². The Balaban J connectivity index is 1.60. The summed E-state index contributed by atoms with van der Waals surface area (Å²) in [5, 5.41) is 11.5. The highest BCUT2D eigenvalue weighted by Crippen LogP contribution is 2.44. The summed E-state index contributed by atoms with van der Waals surface area (Å²) in [6.45, 7) is 2.24. The lowest BCUT2D eigenvalue weighted by Gasteiger charge is -2.52. The Kier molecular flexibility index (Phi) is 4.50. The Bertz CT molecular complexity index is 704. The number of rotatable bonds is 4. The van der Waals surface area contributed by atoms with E-state index in [1.807, 2.05) is 30.3 Å². The van der Waals surface area contributed by atoms with Crippen molar-refractivity contribution in [3.63, 3.8) is 0 Å². The molecule has 2 fully saturated rings. The second-order valence-corrected chi connectivity index (χ2v) is 7.14. The second kappa shape index (κ2) is 6.79. The van der Waals surface area contributed by atoms with Crippen LogP contribution in [0, 0.1) is 0 Å². The molecule has 2 bridgehead atoms. The fraction of sp³-hybridized carbons (Fsp3) is 0.429. The Morgan fingerprint density at radius 2 is 1.68 bits per heavy atom. The average molecular weight is 339 g/mol. The van der Waals surface area contributed by atoms with Gasteiger partial charge in [-0.15, -0.1) is 0 Å². The molecular formula is C21H25NO3.